The zero-order chi connectivity index (χ0) is 41.4. The number of esters is 1. The molecule has 0 fully saturated rings. The summed E-state index contributed by atoms with van der Waals surface area (Å²) in [7, 11) is 0. The van der Waals surface area contributed by atoms with Crippen LogP contribution in [0.25, 0.3) is 0 Å². The molecule has 0 aromatic heterocycles. The lowest BCUT2D eigenvalue weighted by molar-refractivity contribution is -0.140. The fraction of sp³-hybridized carbons (Fsp3) is 0.945. The van der Waals surface area contributed by atoms with Crippen molar-refractivity contribution in [3.8, 4) is 0 Å². The Balaban J connectivity index is 3.10. The van der Waals surface area contributed by atoms with E-state index in [9.17, 15) is 4.79 Å². The zero-order valence-corrected chi connectivity index (χ0v) is 40.0. The first-order chi connectivity index (χ1) is 28.1. The molecule has 0 aliphatic rings. The maximum Gasteiger partial charge on any atom is 0.333 e. The van der Waals surface area contributed by atoms with Crippen molar-refractivity contribution in [1.29, 1.82) is 0 Å². The highest BCUT2D eigenvalue weighted by Crippen LogP contribution is 2.19. The van der Waals surface area contributed by atoms with Gasteiger partial charge < -0.3 is 4.74 Å². The van der Waals surface area contributed by atoms with E-state index in [1.165, 1.54) is 295 Å². The molecular weight excluding hydrogens is 693 g/mol. The van der Waals surface area contributed by atoms with Gasteiger partial charge in [-0.1, -0.05) is 316 Å². The van der Waals surface area contributed by atoms with E-state index in [0.29, 0.717) is 18.1 Å². The topological polar surface area (TPSA) is 26.3 Å². The van der Waals surface area contributed by atoms with Crippen molar-refractivity contribution < 1.29 is 9.53 Å². The van der Waals surface area contributed by atoms with Crippen molar-refractivity contribution in [2.75, 3.05) is 6.61 Å². The Hall–Kier alpha value is -0.790. The second-order valence-corrected chi connectivity index (χ2v) is 19.2. The Morgan fingerprint density at radius 2 is 0.526 bits per heavy atom. The van der Waals surface area contributed by atoms with Crippen LogP contribution in [0.2, 0.25) is 0 Å². The molecule has 0 saturated carbocycles. The minimum atomic E-state index is -0.251. The smallest absolute Gasteiger partial charge is 0.333 e. The molecule has 0 bridgehead atoms. The van der Waals surface area contributed by atoms with Gasteiger partial charge in [-0.2, -0.15) is 0 Å². The van der Waals surface area contributed by atoms with Gasteiger partial charge in [-0.05, 0) is 19.3 Å². The van der Waals surface area contributed by atoms with E-state index in [4.69, 9.17) is 4.74 Å². The number of ether oxygens (including phenoxy) is 1. The number of hydrogen-bond acceptors (Lipinski definition) is 2. The van der Waals surface area contributed by atoms with Crippen molar-refractivity contribution >= 4 is 5.97 Å². The lowest BCUT2D eigenvalue weighted by Crippen LogP contribution is -2.12. The molecule has 2 nitrogen and oxygen atoms in total. The van der Waals surface area contributed by atoms with Crippen LogP contribution in [-0.4, -0.2) is 12.6 Å². The summed E-state index contributed by atoms with van der Waals surface area (Å²) in [6.45, 7) is 10.4. The SMILES string of the molecule is C=C(C)C(=O)OCC(C)CCCCCCCCCCCCCCCCCCCCCCCCCCCCCCCCCCCCCCCCCCCCCCCC. The van der Waals surface area contributed by atoms with Crippen LogP contribution < -0.4 is 0 Å². The van der Waals surface area contributed by atoms with Crippen LogP contribution in [0.4, 0.5) is 0 Å². The summed E-state index contributed by atoms with van der Waals surface area (Å²) in [6, 6.07) is 0. The van der Waals surface area contributed by atoms with Gasteiger partial charge in [0.25, 0.3) is 0 Å². The number of rotatable bonds is 50. The van der Waals surface area contributed by atoms with Crippen molar-refractivity contribution in [1.82, 2.24) is 0 Å². The third-order valence-corrected chi connectivity index (χ3v) is 12.9. The van der Waals surface area contributed by atoms with Gasteiger partial charge in [-0.3, -0.25) is 0 Å². The molecular formula is C55H108O2. The van der Waals surface area contributed by atoms with Crippen molar-refractivity contribution in [2.24, 2.45) is 5.92 Å². The maximum atomic E-state index is 11.5. The first-order valence-corrected chi connectivity index (χ1v) is 26.9. The highest BCUT2D eigenvalue weighted by molar-refractivity contribution is 5.86. The van der Waals surface area contributed by atoms with Crippen LogP contribution in [0, 0.1) is 5.92 Å². The molecule has 57 heavy (non-hydrogen) atoms. The minimum Gasteiger partial charge on any atom is -0.462 e. The van der Waals surface area contributed by atoms with Gasteiger partial charge in [-0.15, -0.1) is 0 Å². The summed E-state index contributed by atoms with van der Waals surface area (Å²) >= 11 is 0. The van der Waals surface area contributed by atoms with Gasteiger partial charge in [-0.25, -0.2) is 4.79 Å². The Kier molecular flexibility index (Phi) is 48.9. The number of hydrogen-bond donors (Lipinski definition) is 0. The molecule has 0 spiro atoms. The second-order valence-electron chi connectivity index (χ2n) is 19.2. The predicted octanol–water partition coefficient (Wildman–Crippen LogP) is 20.1. The van der Waals surface area contributed by atoms with E-state index < -0.39 is 0 Å². The molecule has 0 aliphatic carbocycles. The van der Waals surface area contributed by atoms with Crippen molar-refractivity contribution in [3.63, 3.8) is 0 Å². The average molecular weight is 801 g/mol. The van der Waals surface area contributed by atoms with Gasteiger partial charge in [0, 0.05) is 5.57 Å². The van der Waals surface area contributed by atoms with E-state index >= 15 is 0 Å². The molecule has 0 aromatic rings. The largest absolute Gasteiger partial charge is 0.462 e. The van der Waals surface area contributed by atoms with Gasteiger partial charge >= 0.3 is 5.97 Å². The summed E-state index contributed by atoms with van der Waals surface area (Å²) in [4.78, 5) is 11.5. The highest BCUT2D eigenvalue weighted by Gasteiger charge is 2.08. The highest BCUT2D eigenvalue weighted by atomic mass is 16.5. The van der Waals surface area contributed by atoms with E-state index in [-0.39, 0.29) is 5.97 Å². The Morgan fingerprint density at radius 3 is 0.702 bits per heavy atom. The van der Waals surface area contributed by atoms with Crippen molar-refractivity contribution in [3.05, 3.63) is 12.2 Å². The summed E-state index contributed by atoms with van der Waals surface area (Å²) in [5.74, 6) is 0.204. The zero-order valence-electron chi connectivity index (χ0n) is 40.0. The number of carbonyl (C=O) groups is 1. The quantitative estimate of drug-likeness (QED) is 0.0348. The summed E-state index contributed by atoms with van der Waals surface area (Å²) in [5, 5.41) is 0. The van der Waals surface area contributed by atoms with Crippen LogP contribution >= 0.6 is 0 Å². The van der Waals surface area contributed by atoms with Crippen LogP contribution in [-0.2, 0) is 9.53 Å². The molecule has 0 amide bonds. The maximum absolute atomic E-state index is 11.5. The average Bonchev–Trinajstić information content (AvgIpc) is 3.21. The molecule has 1 unspecified atom stereocenters. The van der Waals surface area contributed by atoms with Crippen LogP contribution in [0.1, 0.15) is 323 Å². The van der Waals surface area contributed by atoms with E-state index in [1.54, 1.807) is 6.92 Å². The first kappa shape index (κ1) is 56.2. The predicted molar refractivity (Wildman–Crippen MR) is 258 cm³/mol. The molecule has 0 heterocycles. The molecule has 340 valence electrons. The second kappa shape index (κ2) is 49.6. The minimum absolute atomic E-state index is 0.251. The number of carbonyl (C=O) groups excluding carboxylic acids is 1. The fourth-order valence-electron chi connectivity index (χ4n) is 8.77. The Labute approximate surface area is 361 Å². The van der Waals surface area contributed by atoms with E-state index in [1.807, 2.05) is 0 Å². The lowest BCUT2D eigenvalue weighted by Gasteiger charge is -2.11. The summed E-state index contributed by atoms with van der Waals surface area (Å²) < 4.78 is 5.26. The Bertz CT molecular complexity index is 772. The summed E-state index contributed by atoms with van der Waals surface area (Å²) in [5.41, 5.74) is 0.495. The molecule has 1 atom stereocenters. The first-order valence-electron chi connectivity index (χ1n) is 26.9. The van der Waals surface area contributed by atoms with E-state index in [0.717, 1.165) is 6.42 Å². The Morgan fingerprint density at radius 1 is 0.351 bits per heavy atom. The lowest BCUT2D eigenvalue weighted by atomic mass is 10.0. The van der Waals surface area contributed by atoms with Gasteiger partial charge in [0.15, 0.2) is 0 Å². The molecule has 2 heteroatoms. The monoisotopic (exact) mass is 801 g/mol. The molecule has 0 rings (SSSR count). The molecule has 0 N–H and O–H groups in total. The van der Waals surface area contributed by atoms with Gasteiger partial charge in [0.2, 0.25) is 0 Å². The molecule has 0 radical (unpaired) electrons. The van der Waals surface area contributed by atoms with Crippen molar-refractivity contribution in [2.45, 2.75) is 323 Å². The number of unbranched alkanes of at least 4 members (excludes halogenated alkanes) is 45. The molecule has 0 saturated heterocycles. The van der Waals surface area contributed by atoms with Gasteiger partial charge in [0.1, 0.15) is 0 Å². The third-order valence-electron chi connectivity index (χ3n) is 12.9. The fourth-order valence-corrected chi connectivity index (χ4v) is 8.77. The van der Waals surface area contributed by atoms with Crippen LogP contribution in [0.5, 0.6) is 0 Å². The third kappa shape index (κ3) is 49.5. The summed E-state index contributed by atoms with van der Waals surface area (Å²) in [6.07, 6.45) is 68.4. The molecule has 0 aromatic carbocycles. The normalized spacial score (nSPS) is 12.1. The van der Waals surface area contributed by atoms with Crippen LogP contribution in [0.3, 0.4) is 0 Å². The standard InChI is InChI=1S/C55H108O2/c1-5-6-7-8-9-10-11-12-13-14-15-16-17-18-19-20-21-22-23-24-25-26-27-28-29-30-31-32-33-34-35-36-37-38-39-40-41-42-43-44-45-46-47-48-49-50-51-54(4)52-57-55(56)53(2)3/h54H,2,5-52H2,1,3-4H3. The van der Waals surface area contributed by atoms with Crippen LogP contribution in [0.15, 0.2) is 12.2 Å². The molecule has 0 aliphatic heterocycles. The van der Waals surface area contributed by atoms with E-state index in [2.05, 4.69) is 20.4 Å². The van der Waals surface area contributed by atoms with Gasteiger partial charge in [0.05, 0.1) is 6.61 Å².